The molecule has 128 valence electrons. The third-order valence-electron chi connectivity index (χ3n) is 3.64. The summed E-state index contributed by atoms with van der Waals surface area (Å²) in [6, 6.07) is 12.5. The van der Waals surface area contributed by atoms with Crippen LogP contribution in [-0.2, 0) is 0 Å². The summed E-state index contributed by atoms with van der Waals surface area (Å²) in [7, 11) is 2.73. The molecule has 0 fully saturated rings. The number of rotatable bonds is 6. The summed E-state index contributed by atoms with van der Waals surface area (Å²) in [4.78, 5) is 12.8. The van der Waals surface area contributed by atoms with Crippen molar-refractivity contribution in [3.8, 4) is 11.5 Å². The van der Waals surface area contributed by atoms with Gasteiger partial charge in [0.05, 0.1) is 32.1 Å². The molecule has 2 aromatic rings. The van der Waals surface area contributed by atoms with E-state index >= 15 is 0 Å². The predicted octanol–water partition coefficient (Wildman–Crippen LogP) is 4.62. The van der Waals surface area contributed by atoms with E-state index in [4.69, 9.17) is 9.47 Å². The van der Waals surface area contributed by atoms with Crippen LogP contribution in [0.1, 0.15) is 28.3 Å². The van der Waals surface area contributed by atoms with Crippen molar-refractivity contribution in [1.29, 1.82) is 0 Å². The lowest BCUT2D eigenvalue weighted by Crippen LogP contribution is -2.22. The van der Waals surface area contributed by atoms with E-state index in [1.54, 1.807) is 30.3 Å². The summed E-state index contributed by atoms with van der Waals surface area (Å²) in [5.41, 5.74) is 0.313. The lowest BCUT2D eigenvalue weighted by molar-refractivity contribution is -0.136. The van der Waals surface area contributed by atoms with Crippen LogP contribution in [0.4, 0.5) is 13.2 Å². The van der Waals surface area contributed by atoms with E-state index < -0.39 is 24.3 Å². The molecule has 0 heterocycles. The fourth-order valence-corrected chi connectivity index (χ4v) is 2.57. The molecule has 24 heavy (non-hydrogen) atoms. The summed E-state index contributed by atoms with van der Waals surface area (Å²) in [5.74, 6) is -1.58. The van der Waals surface area contributed by atoms with Crippen LogP contribution in [0.5, 0.6) is 11.5 Å². The average Bonchev–Trinajstić information content (AvgIpc) is 2.58. The molecule has 0 aliphatic heterocycles. The first-order valence-electron chi connectivity index (χ1n) is 7.24. The van der Waals surface area contributed by atoms with E-state index in [2.05, 4.69) is 0 Å². The second-order valence-corrected chi connectivity index (χ2v) is 5.18. The van der Waals surface area contributed by atoms with Crippen molar-refractivity contribution in [2.75, 3.05) is 14.2 Å². The van der Waals surface area contributed by atoms with E-state index in [1.807, 2.05) is 0 Å². The summed E-state index contributed by atoms with van der Waals surface area (Å²) >= 11 is 0. The normalized spacial score (nSPS) is 12.5. The summed E-state index contributed by atoms with van der Waals surface area (Å²) < 4.78 is 49.4. The second kappa shape index (κ2) is 7.38. The first kappa shape index (κ1) is 17.8. The number of carbonyl (C=O) groups excluding carboxylic acids is 1. The zero-order valence-corrected chi connectivity index (χ0v) is 13.3. The van der Waals surface area contributed by atoms with E-state index in [1.165, 1.54) is 32.4 Å². The third kappa shape index (κ3) is 4.07. The Bertz CT molecular complexity index is 711. The average molecular weight is 338 g/mol. The van der Waals surface area contributed by atoms with Gasteiger partial charge in [0.25, 0.3) is 0 Å². The van der Waals surface area contributed by atoms with Crippen LogP contribution in [-0.4, -0.2) is 26.2 Å². The highest BCUT2D eigenvalue weighted by atomic mass is 19.4. The maximum absolute atomic E-state index is 13.1. The quantitative estimate of drug-likeness (QED) is 0.721. The van der Waals surface area contributed by atoms with Crippen molar-refractivity contribution in [1.82, 2.24) is 0 Å². The number of ketones is 1. The molecule has 3 nitrogen and oxygen atoms in total. The smallest absolute Gasteiger partial charge is 0.390 e. The molecular weight excluding hydrogens is 321 g/mol. The Morgan fingerprint density at radius 1 is 0.958 bits per heavy atom. The Labute approximate surface area is 138 Å². The molecule has 0 spiro atoms. The number of alkyl halides is 3. The van der Waals surface area contributed by atoms with Crippen molar-refractivity contribution in [2.24, 2.45) is 0 Å². The number of halogens is 3. The van der Waals surface area contributed by atoms with Crippen molar-refractivity contribution in [3.05, 3.63) is 59.7 Å². The largest absolute Gasteiger partial charge is 0.496 e. The molecule has 0 aromatic heterocycles. The van der Waals surface area contributed by atoms with Crippen molar-refractivity contribution < 1.29 is 27.4 Å². The van der Waals surface area contributed by atoms with Crippen molar-refractivity contribution >= 4 is 5.78 Å². The number of hydrogen-bond acceptors (Lipinski definition) is 3. The number of carbonyl (C=O) groups is 1. The van der Waals surface area contributed by atoms with Gasteiger partial charge in [0.2, 0.25) is 0 Å². The number of methoxy groups -OCH3 is 2. The monoisotopic (exact) mass is 338 g/mol. The van der Waals surface area contributed by atoms with E-state index in [9.17, 15) is 18.0 Å². The Morgan fingerprint density at radius 2 is 1.50 bits per heavy atom. The fraction of sp³-hybridized carbons (Fsp3) is 0.278. The van der Waals surface area contributed by atoms with E-state index in [0.717, 1.165) is 0 Å². The van der Waals surface area contributed by atoms with E-state index in [0.29, 0.717) is 0 Å². The molecule has 0 amide bonds. The van der Waals surface area contributed by atoms with Crippen LogP contribution in [0.25, 0.3) is 0 Å². The lowest BCUT2D eigenvalue weighted by atomic mass is 9.87. The van der Waals surface area contributed by atoms with E-state index in [-0.39, 0.29) is 22.6 Å². The summed E-state index contributed by atoms with van der Waals surface area (Å²) in [5, 5.41) is 0. The first-order chi connectivity index (χ1) is 11.4. The Hall–Kier alpha value is -2.50. The zero-order chi connectivity index (χ0) is 17.7. The van der Waals surface area contributed by atoms with Gasteiger partial charge in [-0.15, -0.1) is 0 Å². The minimum Gasteiger partial charge on any atom is -0.496 e. The number of hydrogen-bond donors (Lipinski definition) is 0. The highest BCUT2D eigenvalue weighted by Crippen LogP contribution is 2.38. The number of ether oxygens (including phenoxy) is 2. The maximum atomic E-state index is 13.1. The lowest BCUT2D eigenvalue weighted by Gasteiger charge is -2.21. The van der Waals surface area contributed by atoms with Gasteiger partial charge in [-0.3, -0.25) is 4.79 Å². The number of Topliss-reactive ketones (excluding diaryl/α,β-unsaturated/α-hetero) is 1. The molecule has 0 saturated carbocycles. The predicted molar refractivity (Wildman–Crippen MR) is 83.7 cm³/mol. The number of para-hydroxylation sites is 2. The Morgan fingerprint density at radius 3 is 2.08 bits per heavy atom. The Balaban J connectivity index is 2.52. The Kier molecular flexibility index (Phi) is 5.49. The fourth-order valence-electron chi connectivity index (χ4n) is 2.57. The van der Waals surface area contributed by atoms with Crippen LogP contribution in [0, 0.1) is 0 Å². The third-order valence-corrected chi connectivity index (χ3v) is 3.64. The van der Waals surface area contributed by atoms with Crippen LogP contribution in [0.2, 0.25) is 0 Å². The molecule has 6 heteroatoms. The molecule has 0 aliphatic rings. The van der Waals surface area contributed by atoms with Crippen LogP contribution < -0.4 is 9.47 Å². The van der Waals surface area contributed by atoms with Crippen molar-refractivity contribution in [3.63, 3.8) is 0 Å². The van der Waals surface area contributed by atoms with Gasteiger partial charge in [-0.1, -0.05) is 30.3 Å². The standard InChI is InChI=1S/C18H17F3O3/c1-23-15-9-5-3-7-12(15)14(11-18(19,20)21)17(22)13-8-4-6-10-16(13)24-2/h3-10,14H,11H2,1-2H3/t14-/m1/s1. The van der Waals surface area contributed by atoms with Gasteiger partial charge in [0.15, 0.2) is 5.78 Å². The molecule has 0 saturated heterocycles. The van der Waals surface area contributed by atoms with Gasteiger partial charge in [0, 0.05) is 5.56 Å². The molecule has 0 unspecified atom stereocenters. The topological polar surface area (TPSA) is 35.5 Å². The molecule has 2 aromatic carbocycles. The molecule has 2 rings (SSSR count). The SMILES string of the molecule is COc1ccccc1C(=O)[C@H](CC(F)(F)F)c1ccccc1OC. The first-order valence-corrected chi connectivity index (χ1v) is 7.24. The number of benzene rings is 2. The molecule has 1 atom stereocenters. The highest BCUT2D eigenvalue weighted by molar-refractivity contribution is 6.03. The van der Waals surface area contributed by atoms with Gasteiger partial charge >= 0.3 is 6.18 Å². The van der Waals surface area contributed by atoms with Gasteiger partial charge in [-0.05, 0) is 18.2 Å². The molecule has 0 aliphatic carbocycles. The summed E-state index contributed by atoms with van der Waals surface area (Å²) in [6.45, 7) is 0. The van der Waals surface area contributed by atoms with Crippen molar-refractivity contribution in [2.45, 2.75) is 18.5 Å². The molecule has 0 N–H and O–H groups in total. The van der Waals surface area contributed by atoms with Gasteiger partial charge < -0.3 is 9.47 Å². The zero-order valence-electron chi connectivity index (χ0n) is 13.3. The molecule has 0 bridgehead atoms. The molecular formula is C18H17F3O3. The maximum Gasteiger partial charge on any atom is 0.390 e. The van der Waals surface area contributed by atoms with Gasteiger partial charge in [-0.2, -0.15) is 13.2 Å². The highest BCUT2D eigenvalue weighted by Gasteiger charge is 2.38. The van der Waals surface area contributed by atoms with Crippen LogP contribution in [0.3, 0.4) is 0 Å². The van der Waals surface area contributed by atoms with Gasteiger partial charge in [-0.25, -0.2) is 0 Å². The van der Waals surface area contributed by atoms with Crippen LogP contribution in [0.15, 0.2) is 48.5 Å². The van der Waals surface area contributed by atoms with Gasteiger partial charge in [0.1, 0.15) is 11.5 Å². The summed E-state index contributed by atoms with van der Waals surface area (Å²) in [6.07, 6.45) is -5.77. The molecule has 0 radical (unpaired) electrons. The second-order valence-electron chi connectivity index (χ2n) is 5.18. The minimum absolute atomic E-state index is 0.111. The van der Waals surface area contributed by atoms with Crippen LogP contribution >= 0.6 is 0 Å². The minimum atomic E-state index is -4.50.